The Bertz CT molecular complexity index is 368. The Morgan fingerprint density at radius 2 is 1.65 bits per heavy atom. The molecular weight excluding hydrogens is 248 g/mol. The molecule has 0 atom stereocenters. The van der Waals surface area contributed by atoms with Gasteiger partial charge in [-0.05, 0) is 80.6 Å². The highest BCUT2D eigenvalue weighted by atomic mass is 16.1. The second kappa shape index (κ2) is 4.72. The summed E-state index contributed by atoms with van der Waals surface area (Å²) in [5.41, 5.74) is 6.03. The van der Waals surface area contributed by atoms with Crippen LogP contribution in [0.15, 0.2) is 0 Å². The third kappa shape index (κ3) is 2.09. The van der Waals surface area contributed by atoms with Gasteiger partial charge in [-0.1, -0.05) is 6.42 Å². The number of amides is 1. The fourth-order valence-corrected chi connectivity index (χ4v) is 5.87. The number of carbonyl (C=O) groups is 1. The van der Waals surface area contributed by atoms with Crippen molar-refractivity contribution in [3.8, 4) is 0 Å². The van der Waals surface area contributed by atoms with E-state index in [4.69, 9.17) is 5.73 Å². The van der Waals surface area contributed by atoms with Gasteiger partial charge in [-0.25, -0.2) is 0 Å². The van der Waals surface area contributed by atoms with E-state index in [9.17, 15) is 4.79 Å². The van der Waals surface area contributed by atoms with Crippen LogP contribution in [-0.4, -0.2) is 18.5 Å². The van der Waals surface area contributed by atoms with E-state index >= 15 is 0 Å². The molecule has 0 spiro atoms. The van der Waals surface area contributed by atoms with Crippen LogP contribution < -0.4 is 11.1 Å². The topological polar surface area (TPSA) is 55.1 Å². The van der Waals surface area contributed by atoms with Crippen molar-refractivity contribution in [1.29, 1.82) is 0 Å². The van der Waals surface area contributed by atoms with Gasteiger partial charge in [-0.2, -0.15) is 0 Å². The average Bonchev–Trinajstić information content (AvgIpc) is 2.37. The lowest BCUT2D eigenvalue weighted by atomic mass is 9.54. The summed E-state index contributed by atoms with van der Waals surface area (Å²) in [4.78, 5) is 12.4. The Morgan fingerprint density at radius 3 is 2.10 bits per heavy atom. The van der Waals surface area contributed by atoms with Crippen molar-refractivity contribution < 1.29 is 4.79 Å². The van der Waals surface area contributed by atoms with Gasteiger partial charge in [-0.3, -0.25) is 4.79 Å². The largest absolute Gasteiger partial charge is 0.353 e. The zero-order valence-corrected chi connectivity index (χ0v) is 12.4. The third-order valence-corrected chi connectivity index (χ3v) is 6.94. The van der Waals surface area contributed by atoms with Crippen LogP contribution in [0.3, 0.4) is 0 Å². The molecule has 4 bridgehead atoms. The smallest absolute Gasteiger partial charge is 0.220 e. The Labute approximate surface area is 122 Å². The molecule has 0 aliphatic heterocycles. The molecule has 0 aromatic carbocycles. The zero-order chi connectivity index (χ0) is 13.7. The van der Waals surface area contributed by atoms with E-state index in [0.717, 1.165) is 36.5 Å². The van der Waals surface area contributed by atoms with Gasteiger partial charge >= 0.3 is 0 Å². The van der Waals surface area contributed by atoms with Crippen LogP contribution in [0, 0.1) is 29.1 Å². The average molecular weight is 276 g/mol. The van der Waals surface area contributed by atoms with Crippen molar-refractivity contribution in [1.82, 2.24) is 5.32 Å². The predicted molar refractivity (Wildman–Crippen MR) is 78.9 cm³/mol. The van der Waals surface area contributed by atoms with Crippen LogP contribution in [0.1, 0.15) is 57.8 Å². The van der Waals surface area contributed by atoms with Crippen molar-refractivity contribution >= 4 is 5.91 Å². The number of rotatable bonds is 4. The molecule has 1 amide bonds. The summed E-state index contributed by atoms with van der Waals surface area (Å²) in [5, 5.41) is 3.43. The van der Waals surface area contributed by atoms with Crippen LogP contribution in [0.25, 0.3) is 0 Å². The van der Waals surface area contributed by atoms with E-state index in [1.807, 2.05) is 0 Å². The van der Waals surface area contributed by atoms with E-state index < -0.39 is 0 Å². The monoisotopic (exact) mass is 276 g/mol. The molecular formula is C17H28N2O. The maximum absolute atomic E-state index is 12.4. The van der Waals surface area contributed by atoms with Crippen LogP contribution in [0.5, 0.6) is 0 Å². The van der Waals surface area contributed by atoms with E-state index in [1.165, 1.54) is 38.5 Å². The lowest BCUT2D eigenvalue weighted by Gasteiger charge is -2.54. The van der Waals surface area contributed by atoms with E-state index in [0.29, 0.717) is 19.0 Å². The molecule has 3 nitrogen and oxygen atoms in total. The molecule has 0 unspecified atom stereocenters. The number of hydrogen-bond acceptors (Lipinski definition) is 2. The number of hydrogen-bond donors (Lipinski definition) is 2. The van der Waals surface area contributed by atoms with Crippen LogP contribution in [0.2, 0.25) is 0 Å². The van der Waals surface area contributed by atoms with Crippen LogP contribution in [0.4, 0.5) is 0 Å². The molecule has 20 heavy (non-hydrogen) atoms. The second-order valence-corrected chi connectivity index (χ2v) is 8.26. The molecule has 5 saturated carbocycles. The molecule has 0 aromatic rings. The maximum atomic E-state index is 12.4. The summed E-state index contributed by atoms with van der Waals surface area (Å²) in [7, 11) is 0. The van der Waals surface area contributed by atoms with Crippen molar-refractivity contribution in [2.24, 2.45) is 34.8 Å². The molecule has 3 heteroatoms. The lowest BCUT2D eigenvalue weighted by Crippen LogP contribution is -2.56. The fourth-order valence-electron chi connectivity index (χ4n) is 5.87. The second-order valence-electron chi connectivity index (χ2n) is 8.26. The van der Waals surface area contributed by atoms with E-state index in [-0.39, 0.29) is 11.3 Å². The molecule has 0 radical (unpaired) electrons. The molecule has 0 heterocycles. The minimum Gasteiger partial charge on any atom is -0.353 e. The molecule has 0 saturated heterocycles. The lowest BCUT2D eigenvalue weighted by molar-refractivity contribution is -0.128. The van der Waals surface area contributed by atoms with Gasteiger partial charge in [0.25, 0.3) is 0 Å². The zero-order valence-electron chi connectivity index (χ0n) is 12.4. The summed E-state index contributed by atoms with van der Waals surface area (Å²) in [5.74, 6) is 3.81. The molecule has 5 aliphatic rings. The molecule has 5 rings (SSSR count). The summed E-state index contributed by atoms with van der Waals surface area (Å²) in [6, 6.07) is 0.491. The summed E-state index contributed by atoms with van der Waals surface area (Å²) in [6.07, 6.45) is 11.2. The van der Waals surface area contributed by atoms with Gasteiger partial charge in [0.1, 0.15) is 0 Å². The summed E-state index contributed by atoms with van der Waals surface area (Å²) < 4.78 is 0. The molecule has 5 fully saturated rings. The van der Waals surface area contributed by atoms with Crippen molar-refractivity contribution in [2.75, 3.05) is 6.54 Å². The fraction of sp³-hybridized carbons (Fsp3) is 0.941. The Kier molecular flexibility index (Phi) is 3.10. The first kappa shape index (κ1) is 13.1. The normalized spacial score (nSPS) is 44.1. The predicted octanol–water partition coefficient (Wildman–Crippen LogP) is 2.45. The van der Waals surface area contributed by atoms with Gasteiger partial charge in [-0.15, -0.1) is 0 Å². The highest BCUT2D eigenvalue weighted by molar-refractivity contribution is 5.77. The first-order chi connectivity index (χ1) is 9.67. The van der Waals surface area contributed by atoms with Crippen molar-refractivity contribution in [3.63, 3.8) is 0 Å². The van der Waals surface area contributed by atoms with E-state index in [1.54, 1.807) is 0 Å². The summed E-state index contributed by atoms with van der Waals surface area (Å²) in [6.45, 7) is 0.683. The molecule has 5 aliphatic carbocycles. The summed E-state index contributed by atoms with van der Waals surface area (Å²) >= 11 is 0. The Balaban J connectivity index is 1.38. The van der Waals surface area contributed by atoms with Crippen molar-refractivity contribution in [3.05, 3.63) is 0 Å². The SMILES string of the molecule is NCC1(CC(=O)NC2C3CC4CC(C3)CC2C4)CCC1. The van der Waals surface area contributed by atoms with Gasteiger partial charge < -0.3 is 11.1 Å². The minimum absolute atomic E-state index is 0.149. The highest BCUT2D eigenvalue weighted by Gasteiger charge is 2.49. The molecule has 0 aromatic heterocycles. The number of nitrogens with one attached hydrogen (secondary N) is 1. The number of carbonyl (C=O) groups excluding carboxylic acids is 1. The highest BCUT2D eigenvalue weighted by Crippen LogP contribution is 2.53. The van der Waals surface area contributed by atoms with E-state index in [2.05, 4.69) is 5.32 Å². The van der Waals surface area contributed by atoms with Gasteiger partial charge in [0.15, 0.2) is 0 Å². The first-order valence-electron chi connectivity index (χ1n) is 8.67. The third-order valence-electron chi connectivity index (χ3n) is 6.94. The van der Waals surface area contributed by atoms with Gasteiger partial charge in [0.05, 0.1) is 0 Å². The Morgan fingerprint density at radius 1 is 1.05 bits per heavy atom. The van der Waals surface area contributed by atoms with Crippen LogP contribution >= 0.6 is 0 Å². The van der Waals surface area contributed by atoms with Gasteiger partial charge in [0.2, 0.25) is 5.91 Å². The molecule has 3 N–H and O–H groups in total. The minimum atomic E-state index is 0.149. The Hall–Kier alpha value is -0.570. The first-order valence-corrected chi connectivity index (χ1v) is 8.67. The quantitative estimate of drug-likeness (QED) is 0.828. The van der Waals surface area contributed by atoms with Crippen molar-refractivity contribution in [2.45, 2.75) is 63.8 Å². The standard InChI is InChI=1S/C17H28N2O/c18-10-17(2-1-3-17)9-15(20)19-16-13-5-11-4-12(7-13)8-14(16)6-11/h11-14,16H,1-10,18H2,(H,19,20). The van der Waals surface area contributed by atoms with Crippen LogP contribution in [-0.2, 0) is 4.79 Å². The van der Waals surface area contributed by atoms with Gasteiger partial charge in [0, 0.05) is 12.5 Å². The molecule has 112 valence electrons. The maximum Gasteiger partial charge on any atom is 0.220 e. The number of nitrogens with two attached hydrogens (primary N) is 1.